The molecule has 0 atom stereocenters. The van der Waals surface area contributed by atoms with Crippen LogP contribution in [-0.2, 0) is 40.3 Å². The molecule has 8 rings (SSSR count). The fourth-order valence-corrected chi connectivity index (χ4v) is 3.75. The van der Waals surface area contributed by atoms with Gasteiger partial charge in [0.05, 0.1) is 31.6 Å². The second kappa shape index (κ2) is 32.4. The zero-order valence-electron chi connectivity index (χ0n) is 32.0. The molecule has 1 aliphatic heterocycles. The first kappa shape index (κ1) is 44.2. The van der Waals surface area contributed by atoms with Gasteiger partial charge < -0.3 is 27.4 Å². The van der Waals surface area contributed by atoms with Crippen LogP contribution in [0.4, 0.5) is 0 Å². The highest BCUT2D eigenvalue weighted by atomic mass is 15.0. The summed E-state index contributed by atoms with van der Waals surface area (Å²) < 4.78 is 12.1. The Hall–Kier alpha value is -5.78. The molecule has 0 spiro atoms. The van der Waals surface area contributed by atoms with Crippen molar-refractivity contribution >= 4 is 6.21 Å². The van der Waals surface area contributed by atoms with Crippen LogP contribution in [0.2, 0.25) is 0 Å². The second-order valence-electron chi connectivity index (χ2n) is 11.0. The molecule has 0 unspecified atom stereocenters. The van der Waals surface area contributed by atoms with Gasteiger partial charge in [-0.05, 0) is 45.2 Å². The highest BCUT2D eigenvalue weighted by molar-refractivity contribution is 5.62. The molecule has 7 heterocycles. The number of rotatable bonds is 6. The van der Waals surface area contributed by atoms with Gasteiger partial charge in [-0.15, -0.1) is 0 Å². The highest BCUT2D eigenvalue weighted by Crippen LogP contribution is 1.93. The largest absolute Gasteiger partial charge is 0.357 e. The van der Waals surface area contributed by atoms with E-state index in [1.807, 2.05) is 113 Å². The molecule has 0 radical (unpaired) electrons. The minimum atomic E-state index is 1.01. The molecule has 0 saturated carbocycles. The quantitative estimate of drug-likeness (QED) is 0.173. The van der Waals surface area contributed by atoms with E-state index in [-0.39, 0.29) is 0 Å². The van der Waals surface area contributed by atoms with Crippen LogP contribution in [0.1, 0.15) is 53.4 Å². The van der Waals surface area contributed by atoms with Crippen molar-refractivity contribution in [3.05, 3.63) is 155 Å². The van der Waals surface area contributed by atoms with Gasteiger partial charge in [0.2, 0.25) is 0 Å². The molecule has 6 aromatic heterocycles. The molecule has 52 heavy (non-hydrogen) atoms. The summed E-state index contributed by atoms with van der Waals surface area (Å²) in [4.78, 5) is 23.1. The fraction of sp³-hybridized carbons (Fsp3) is 0.350. The van der Waals surface area contributed by atoms with E-state index in [0.29, 0.717) is 0 Å². The predicted molar refractivity (Wildman–Crippen MR) is 215 cm³/mol. The molecule has 0 bridgehead atoms. The molecule has 12 nitrogen and oxygen atoms in total. The topological polar surface area (TPSA) is 106 Å². The number of nitrogens with zero attached hydrogens (tertiary/aromatic N) is 12. The van der Waals surface area contributed by atoms with Crippen LogP contribution in [0.3, 0.4) is 0 Å². The Morgan fingerprint density at radius 2 is 0.904 bits per heavy atom. The molecule has 12 heteroatoms. The summed E-state index contributed by atoms with van der Waals surface area (Å²) in [6, 6.07) is 4.00. The van der Waals surface area contributed by atoms with Crippen LogP contribution < -0.4 is 0 Å². The van der Waals surface area contributed by atoms with Crippen molar-refractivity contribution in [1.82, 2.24) is 52.3 Å². The summed E-state index contributed by atoms with van der Waals surface area (Å²) in [6.07, 6.45) is 50.3. The van der Waals surface area contributed by atoms with Crippen molar-refractivity contribution in [3.63, 3.8) is 0 Å². The van der Waals surface area contributed by atoms with Gasteiger partial charge in [0.1, 0.15) is 0 Å². The average molecular weight is 709 g/mol. The van der Waals surface area contributed by atoms with E-state index in [4.69, 9.17) is 0 Å². The van der Waals surface area contributed by atoms with E-state index >= 15 is 0 Å². The van der Waals surface area contributed by atoms with Crippen LogP contribution in [-0.4, -0.2) is 58.5 Å². The van der Waals surface area contributed by atoms with Gasteiger partial charge in [-0.25, -0.2) is 24.9 Å². The van der Waals surface area contributed by atoms with Gasteiger partial charge in [-0.2, -0.15) is 0 Å². The van der Waals surface area contributed by atoms with E-state index in [2.05, 4.69) is 91.0 Å². The van der Waals surface area contributed by atoms with Crippen molar-refractivity contribution in [2.24, 2.45) is 19.1 Å². The maximum Gasteiger partial charge on any atom is 0.0945 e. The van der Waals surface area contributed by atoms with Crippen LogP contribution in [0.15, 0.2) is 160 Å². The Balaban J connectivity index is 0.000000299. The number of hydrogen-bond donors (Lipinski definition) is 0. The molecule has 0 saturated heterocycles. The lowest BCUT2D eigenvalue weighted by Gasteiger charge is -1.93. The van der Waals surface area contributed by atoms with Gasteiger partial charge in [-0.1, -0.05) is 44.2 Å². The van der Waals surface area contributed by atoms with E-state index in [0.717, 1.165) is 39.0 Å². The standard InChI is InChI=1S/2C6H10N2.2C5H8N2.C5H7N.C5H6.C4H6N2.C4H5N/c2*1-2-4-8-5-3-7-6-8;2*1-2-7-4-3-6-5-7;1-6-4-2-3-5-6;1-2-4-5-3-1;1-6-3-2-5-4-6;1-2-4-5-3-1/h2*3,5-6H,2,4H2,1H3;2*3-5H,2H2,1H3;2-5H,1H3;1-4H,5H2;2-4H,1H3;1,3-4H,2H2. The number of aromatic nitrogens is 11. The normalized spacial score (nSPS) is 10.9. The summed E-state index contributed by atoms with van der Waals surface area (Å²) in [5.41, 5.74) is 0. The van der Waals surface area contributed by atoms with E-state index in [9.17, 15) is 0 Å². The van der Waals surface area contributed by atoms with Crippen LogP contribution in [0.5, 0.6) is 0 Å². The number of imidazole rings is 5. The maximum absolute atomic E-state index is 3.90. The summed E-state index contributed by atoms with van der Waals surface area (Å²) >= 11 is 0. The first-order valence-electron chi connectivity index (χ1n) is 17.8. The Morgan fingerprint density at radius 3 is 1.08 bits per heavy atom. The van der Waals surface area contributed by atoms with Gasteiger partial charge >= 0.3 is 0 Å². The van der Waals surface area contributed by atoms with Gasteiger partial charge in [0.15, 0.2) is 0 Å². The molecule has 0 amide bonds. The first-order valence-corrected chi connectivity index (χ1v) is 17.8. The predicted octanol–water partition coefficient (Wildman–Crippen LogP) is 8.31. The third kappa shape index (κ3) is 26.1. The summed E-state index contributed by atoms with van der Waals surface area (Å²) in [6.45, 7) is 12.7. The molecule has 6 aromatic rings. The van der Waals surface area contributed by atoms with Crippen LogP contribution >= 0.6 is 0 Å². The van der Waals surface area contributed by atoms with Gasteiger partial charge in [0, 0.05) is 133 Å². The Bertz CT molecular complexity index is 1460. The highest BCUT2D eigenvalue weighted by Gasteiger charge is 1.83. The minimum Gasteiger partial charge on any atom is -0.357 e. The Morgan fingerprint density at radius 1 is 0.462 bits per heavy atom. The lowest BCUT2D eigenvalue weighted by molar-refractivity contribution is 0.678. The zero-order chi connectivity index (χ0) is 37.7. The summed E-state index contributed by atoms with van der Waals surface area (Å²) in [5, 5.41) is 0. The number of aliphatic imine (C=N–C) groups is 1. The third-order valence-electron chi connectivity index (χ3n) is 6.51. The second-order valence-corrected chi connectivity index (χ2v) is 11.0. The lowest BCUT2D eigenvalue weighted by Crippen LogP contribution is -1.90. The average Bonchev–Trinajstić information content (AvgIpc) is 4.01. The van der Waals surface area contributed by atoms with Crippen molar-refractivity contribution in [3.8, 4) is 0 Å². The smallest absolute Gasteiger partial charge is 0.0945 e. The van der Waals surface area contributed by atoms with E-state index in [1.165, 1.54) is 12.8 Å². The molecular formula is C40H60N12. The van der Waals surface area contributed by atoms with Crippen molar-refractivity contribution in [2.75, 3.05) is 0 Å². The number of hydrogen-bond acceptors (Lipinski definition) is 6. The van der Waals surface area contributed by atoms with Crippen LogP contribution in [0, 0.1) is 0 Å². The summed E-state index contributed by atoms with van der Waals surface area (Å²) in [7, 11) is 3.94. The van der Waals surface area contributed by atoms with Gasteiger partial charge in [-0.3, -0.25) is 4.99 Å². The lowest BCUT2D eigenvalue weighted by atomic mass is 10.5. The fourth-order valence-electron chi connectivity index (χ4n) is 3.75. The van der Waals surface area contributed by atoms with Crippen molar-refractivity contribution < 1.29 is 0 Å². The first-order chi connectivity index (χ1) is 25.5. The number of aryl methyl sites for hydroxylation is 6. The minimum absolute atomic E-state index is 1.01. The summed E-state index contributed by atoms with van der Waals surface area (Å²) in [5.74, 6) is 0. The molecule has 1 aliphatic carbocycles. The maximum atomic E-state index is 3.90. The number of allylic oxidation sites excluding steroid dienone is 5. The molecular weight excluding hydrogens is 649 g/mol. The van der Waals surface area contributed by atoms with E-state index in [1.54, 1.807) is 56.2 Å². The zero-order valence-corrected chi connectivity index (χ0v) is 32.0. The van der Waals surface area contributed by atoms with Crippen molar-refractivity contribution in [1.29, 1.82) is 0 Å². The Labute approximate surface area is 311 Å². The Kier molecular flexibility index (Phi) is 27.6. The molecule has 0 fully saturated rings. The SMILES string of the molecule is C1=CCC=C1.C1=CN=CC1.CCCn1ccnc1.CCCn1ccnc1.CCn1ccnc1.CCn1ccnc1.Cn1cccc1.Cn1ccnc1. The molecule has 280 valence electrons. The third-order valence-corrected chi connectivity index (χ3v) is 6.51. The van der Waals surface area contributed by atoms with Crippen molar-refractivity contribution in [2.45, 2.75) is 79.6 Å². The van der Waals surface area contributed by atoms with Gasteiger partial charge in [0.25, 0.3) is 0 Å². The molecule has 0 N–H and O–H groups in total. The molecule has 2 aliphatic rings. The monoisotopic (exact) mass is 709 g/mol. The van der Waals surface area contributed by atoms with E-state index < -0.39 is 0 Å². The molecule has 0 aromatic carbocycles. The van der Waals surface area contributed by atoms with Crippen LogP contribution in [0.25, 0.3) is 0 Å².